The number of nitrogens with one attached hydrogen (secondary N) is 1. The zero-order valence-electron chi connectivity index (χ0n) is 15.3. The summed E-state index contributed by atoms with van der Waals surface area (Å²) in [5.74, 6) is -0.587. The Labute approximate surface area is 159 Å². The number of carbonyl (C=O) groups excluding carboxylic acids is 2. The lowest BCUT2D eigenvalue weighted by molar-refractivity contribution is -0.124. The van der Waals surface area contributed by atoms with E-state index in [1.807, 2.05) is 4.90 Å². The van der Waals surface area contributed by atoms with Gasteiger partial charge in [-0.2, -0.15) is 0 Å². The fraction of sp³-hybridized carbons (Fsp3) is 0.556. The smallest absolute Gasteiger partial charge is 0.235 e. The van der Waals surface area contributed by atoms with E-state index in [1.54, 1.807) is 24.3 Å². The second-order valence-electron chi connectivity index (χ2n) is 7.18. The highest BCUT2D eigenvalue weighted by Gasteiger charge is 2.28. The molecule has 3 rings (SSSR count). The van der Waals surface area contributed by atoms with Crippen molar-refractivity contribution >= 4 is 33.2 Å². The van der Waals surface area contributed by atoms with E-state index in [1.165, 1.54) is 4.31 Å². The van der Waals surface area contributed by atoms with Gasteiger partial charge in [0.25, 0.3) is 0 Å². The zero-order valence-corrected chi connectivity index (χ0v) is 16.1. The molecule has 1 atom stereocenters. The summed E-state index contributed by atoms with van der Waals surface area (Å²) in [7, 11) is -3.29. The van der Waals surface area contributed by atoms with Crippen molar-refractivity contribution in [3.05, 3.63) is 24.3 Å². The molecule has 0 bridgehead atoms. The summed E-state index contributed by atoms with van der Waals surface area (Å²) in [5, 5.41) is 2.89. The Morgan fingerprint density at radius 2 is 2.00 bits per heavy atom. The maximum Gasteiger partial charge on any atom is 0.235 e. The number of rotatable bonds is 5. The van der Waals surface area contributed by atoms with Gasteiger partial charge in [-0.1, -0.05) is 6.07 Å². The monoisotopic (exact) mass is 394 g/mol. The number of amides is 2. The molecule has 3 N–H and O–H groups in total. The summed E-state index contributed by atoms with van der Waals surface area (Å²) >= 11 is 0. The first-order valence-electron chi connectivity index (χ1n) is 9.27. The summed E-state index contributed by atoms with van der Waals surface area (Å²) < 4.78 is 26.0. The molecule has 2 aliphatic rings. The second kappa shape index (κ2) is 8.26. The van der Waals surface area contributed by atoms with Crippen LogP contribution in [0.3, 0.4) is 0 Å². The minimum absolute atomic E-state index is 0.122. The lowest BCUT2D eigenvalue weighted by Gasteiger charge is -2.31. The van der Waals surface area contributed by atoms with Crippen molar-refractivity contribution in [1.82, 2.24) is 4.90 Å². The number of nitrogens with zero attached hydrogens (tertiary/aromatic N) is 2. The Balaban J connectivity index is 1.67. The number of anilines is 2. The lowest BCUT2D eigenvalue weighted by atomic mass is 9.97. The first-order valence-corrected chi connectivity index (χ1v) is 10.9. The number of sulfonamides is 1. The molecule has 2 amide bonds. The minimum Gasteiger partial charge on any atom is -0.369 e. The van der Waals surface area contributed by atoms with Crippen LogP contribution in [0.15, 0.2) is 24.3 Å². The molecular weight excluding hydrogens is 368 g/mol. The minimum atomic E-state index is -3.29. The van der Waals surface area contributed by atoms with Crippen molar-refractivity contribution in [2.75, 3.05) is 41.6 Å². The zero-order chi connectivity index (χ0) is 19.4. The number of nitrogens with two attached hydrogens (primary N) is 1. The Bertz CT molecular complexity index is 811. The molecule has 27 heavy (non-hydrogen) atoms. The maximum atomic E-state index is 12.6. The van der Waals surface area contributed by atoms with Crippen LogP contribution in [-0.2, 0) is 19.6 Å². The highest BCUT2D eigenvalue weighted by atomic mass is 32.2. The summed E-state index contributed by atoms with van der Waals surface area (Å²) in [6.45, 7) is 1.88. The molecule has 1 unspecified atom stereocenters. The number of likely N-dealkylation sites (tertiary alicyclic amines) is 1. The van der Waals surface area contributed by atoms with Crippen LogP contribution < -0.4 is 15.4 Å². The van der Waals surface area contributed by atoms with Gasteiger partial charge in [0.15, 0.2) is 0 Å². The van der Waals surface area contributed by atoms with Crippen LogP contribution in [0.2, 0.25) is 0 Å². The van der Waals surface area contributed by atoms with Gasteiger partial charge in [-0.25, -0.2) is 8.42 Å². The number of carbonyl (C=O) groups is 2. The Kier molecular flexibility index (Phi) is 6.01. The topological polar surface area (TPSA) is 113 Å². The van der Waals surface area contributed by atoms with Gasteiger partial charge in [-0.05, 0) is 50.4 Å². The molecule has 148 valence electrons. The molecule has 2 heterocycles. The van der Waals surface area contributed by atoms with Gasteiger partial charge in [0.05, 0.1) is 23.9 Å². The van der Waals surface area contributed by atoms with Gasteiger partial charge >= 0.3 is 0 Å². The van der Waals surface area contributed by atoms with Gasteiger partial charge in [0, 0.05) is 18.8 Å². The number of hydrogen-bond acceptors (Lipinski definition) is 5. The van der Waals surface area contributed by atoms with Gasteiger partial charge in [-0.15, -0.1) is 0 Å². The Morgan fingerprint density at radius 3 is 2.74 bits per heavy atom. The van der Waals surface area contributed by atoms with E-state index in [0.29, 0.717) is 30.9 Å². The number of piperidine rings is 1. The molecule has 2 aliphatic heterocycles. The molecule has 0 aliphatic carbocycles. The van der Waals surface area contributed by atoms with Crippen LogP contribution in [0.1, 0.15) is 25.7 Å². The summed E-state index contributed by atoms with van der Waals surface area (Å²) in [6, 6.07) is 6.94. The SMILES string of the molecule is NC(=O)CN1CCCC(C(=O)Nc2cccc(N3CCCCS3(=O)=O)c2)C1. The maximum absolute atomic E-state index is 12.6. The molecule has 8 nitrogen and oxygen atoms in total. The van der Waals surface area contributed by atoms with E-state index in [0.717, 1.165) is 25.8 Å². The standard InChI is InChI=1S/C18H26N4O4S/c19-17(23)13-21-8-4-5-14(12-21)18(24)20-15-6-3-7-16(11-15)22-9-1-2-10-27(22,25)26/h3,6-7,11,14H,1-2,4-5,8-10,12-13H2,(H2,19,23)(H,20,24). The van der Waals surface area contributed by atoms with Crippen LogP contribution >= 0.6 is 0 Å². The van der Waals surface area contributed by atoms with Crippen LogP contribution in [-0.4, -0.2) is 57.1 Å². The predicted octanol–water partition coefficient (Wildman–Crippen LogP) is 0.752. The molecule has 2 saturated heterocycles. The number of primary amides is 1. The molecule has 0 radical (unpaired) electrons. The highest BCUT2D eigenvalue weighted by molar-refractivity contribution is 7.92. The van der Waals surface area contributed by atoms with Crippen molar-refractivity contribution in [3.8, 4) is 0 Å². The third-order valence-electron chi connectivity index (χ3n) is 5.01. The summed E-state index contributed by atoms with van der Waals surface area (Å²) in [5.41, 5.74) is 6.39. The van der Waals surface area contributed by atoms with Crippen LogP contribution in [0, 0.1) is 5.92 Å². The number of hydrogen-bond donors (Lipinski definition) is 2. The number of benzene rings is 1. The molecule has 1 aromatic rings. The van der Waals surface area contributed by atoms with E-state index in [4.69, 9.17) is 5.73 Å². The first kappa shape index (κ1) is 19.6. The van der Waals surface area contributed by atoms with Crippen molar-refractivity contribution < 1.29 is 18.0 Å². The lowest BCUT2D eigenvalue weighted by Crippen LogP contribution is -2.44. The second-order valence-corrected chi connectivity index (χ2v) is 9.19. The van der Waals surface area contributed by atoms with E-state index in [-0.39, 0.29) is 24.1 Å². The largest absolute Gasteiger partial charge is 0.369 e. The fourth-order valence-corrected chi connectivity index (χ4v) is 5.33. The van der Waals surface area contributed by atoms with E-state index in [2.05, 4.69) is 5.32 Å². The van der Waals surface area contributed by atoms with Crippen molar-refractivity contribution in [1.29, 1.82) is 0 Å². The predicted molar refractivity (Wildman–Crippen MR) is 104 cm³/mol. The molecule has 1 aromatic carbocycles. The Morgan fingerprint density at radius 1 is 1.19 bits per heavy atom. The van der Waals surface area contributed by atoms with E-state index in [9.17, 15) is 18.0 Å². The first-order chi connectivity index (χ1) is 12.8. The summed E-state index contributed by atoms with van der Waals surface area (Å²) in [4.78, 5) is 25.6. The highest BCUT2D eigenvalue weighted by Crippen LogP contribution is 2.26. The van der Waals surface area contributed by atoms with Crippen LogP contribution in [0.25, 0.3) is 0 Å². The quantitative estimate of drug-likeness (QED) is 0.765. The molecule has 0 aromatic heterocycles. The van der Waals surface area contributed by atoms with Crippen molar-refractivity contribution in [3.63, 3.8) is 0 Å². The normalized spacial score (nSPS) is 23.0. The van der Waals surface area contributed by atoms with Gasteiger partial charge in [-0.3, -0.25) is 18.8 Å². The van der Waals surface area contributed by atoms with Gasteiger partial charge in [0.2, 0.25) is 21.8 Å². The van der Waals surface area contributed by atoms with E-state index >= 15 is 0 Å². The average Bonchev–Trinajstić information content (AvgIpc) is 2.61. The third kappa shape index (κ3) is 4.98. The van der Waals surface area contributed by atoms with Gasteiger partial charge in [0.1, 0.15) is 0 Å². The van der Waals surface area contributed by atoms with Crippen molar-refractivity contribution in [2.45, 2.75) is 25.7 Å². The molecule has 0 spiro atoms. The van der Waals surface area contributed by atoms with Crippen molar-refractivity contribution in [2.24, 2.45) is 11.7 Å². The van der Waals surface area contributed by atoms with Crippen LogP contribution in [0.4, 0.5) is 11.4 Å². The molecule has 9 heteroatoms. The van der Waals surface area contributed by atoms with Crippen LogP contribution in [0.5, 0.6) is 0 Å². The fourth-order valence-electron chi connectivity index (χ4n) is 3.70. The average molecular weight is 394 g/mol. The summed E-state index contributed by atoms with van der Waals surface area (Å²) in [6.07, 6.45) is 3.09. The molecule has 0 saturated carbocycles. The van der Waals surface area contributed by atoms with Gasteiger partial charge < -0.3 is 11.1 Å². The molecular formula is C18H26N4O4S. The Hall–Kier alpha value is -2.13. The third-order valence-corrected chi connectivity index (χ3v) is 6.88. The molecule has 2 fully saturated rings. The van der Waals surface area contributed by atoms with E-state index < -0.39 is 15.9 Å².